The highest BCUT2D eigenvalue weighted by Gasteiger charge is 2.18. The molecule has 342 valence electrons. The van der Waals surface area contributed by atoms with Crippen LogP contribution in [0.15, 0.2) is 279 Å². The second-order valence-electron chi connectivity index (χ2n) is 18.9. The minimum atomic E-state index is 1.09. The molecule has 0 bridgehead atoms. The Labute approximate surface area is 428 Å². The number of rotatable bonds is 9. The first-order chi connectivity index (χ1) is 36.2. The largest absolute Gasteiger partial charge is 0.311 e. The lowest BCUT2D eigenvalue weighted by molar-refractivity contribution is 1.18. The van der Waals surface area contributed by atoms with Crippen LogP contribution in [0.3, 0.4) is 0 Å². The summed E-state index contributed by atoms with van der Waals surface area (Å²) >= 11 is 1.86. The Morgan fingerprint density at radius 1 is 0.274 bits per heavy atom. The van der Waals surface area contributed by atoms with Gasteiger partial charge in [-0.1, -0.05) is 188 Å². The average Bonchev–Trinajstić information content (AvgIpc) is 4.02. The van der Waals surface area contributed by atoms with Crippen LogP contribution in [0.5, 0.6) is 0 Å². The second kappa shape index (κ2) is 17.8. The van der Waals surface area contributed by atoms with Crippen LogP contribution in [0.4, 0.5) is 17.1 Å². The molecular weight excluding hydrogens is 901 g/mol. The van der Waals surface area contributed by atoms with E-state index < -0.39 is 0 Å². The SMILES string of the molecule is c1ccc(-n2c3ccccc3c3cc(-c4ccc(N(c5ccc(-c6ccc(-c7cccc(-c8ccc9ccccc9c8)c7)cc6)cc5)c5ccc(-c6cccc7sc8ccccc8c67)cc5)cc4)ccc32)cc1. The van der Waals surface area contributed by atoms with Gasteiger partial charge in [-0.2, -0.15) is 0 Å². The highest BCUT2D eigenvalue weighted by molar-refractivity contribution is 7.25. The van der Waals surface area contributed by atoms with E-state index in [2.05, 4.69) is 289 Å². The Balaban J connectivity index is 0.801. The fourth-order valence-electron chi connectivity index (χ4n) is 11.0. The number of hydrogen-bond acceptors (Lipinski definition) is 2. The van der Waals surface area contributed by atoms with Gasteiger partial charge in [0.15, 0.2) is 0 Å². The Hall–Kier alpha value is -9.28. The van der Waals surface area contributed by atoms with Crippen molar-refractivity contribution < 1.29 is 0 Å². The van der Waals surface area contributed by atoms with Gasteiger partial charge in [0.2, 0.25) is 0 Å². The van der Waals surface area contributed by atoms with Gasteiger partial charge in [0.05, 0.1) is 11.0 Å². The van der Waals surface area contributed by atoms with Gasteiger partial charge < -0.3 is 9.47 Å². The Morgan fingerprint density at radius 2 is 0.753 bits per heavy atom. The lowest BCUT2D eigenvalue weighted by Crippen LogP contribution is -2.09. The standard InChI is InChI=1S/C70H46N2S/c1-2-16-58(17-3-1)72-66-21-8-6-18-63(66)65-46-57(36-43-67(65)72)51-32-39-60(40-33-51)71(61-41-34-52(35-42-61)62-20-11-23-69-70(62)64-19-7-9-22-68(64)73-69)59-37-30-49(31-38-59)48-24-26-50(27-25-48)54-14-10-15-55(44-54)56-29-28-47-12-4-5-13-53(47)45-56/h1-46H. The molecule has 2 heterocycles. The van der Waals surface area contributed by atoms with Gasteiger partial charge in [-0.25, -0.2) is 0 Å². The first-order valence-electron chi connectivity index (χ1n) is 25.0. The Bertz CT molecular complexity index is 4340. The molecule has 0 spiro atoms. The van der Waals surface area contributed by atoms with E-state index in [9.17, 15) is 0 Å². The van der Waals surface area contributed by atoms with Gasteiger partial charge in [-0.3, -0.25) is 0 Å². The molecule has 12 aromatic carbocycles. The lowest BCUT2D eigenvalue weighted by Gasteiger charge is -2.26. The monoisotopic (exact) mass is 946 g/mol. The molecule has 0 saturated carbocycles. The minimum Gasteiger partial charge on any atom is -0.311 e. The van der Waals surface area contributed by atoms with E-state index in [1.165, 1.54) is 108 Å². The molecule has 0 amide bonds. The van der Waals surface area contributed by atoms with Gasteiger partial charge >= 0.3 is 0 Å². The van der Waals surface area contributed by atoms with Gasteiger partial charge in [0.1, 0.15) is 0 Å². The van der Waals surface area contributed by atoms with Crippen LogP contribution in [-0.2, 0) is 0 Å². The van der Waals surface area contributed by atoms with Crippen LogP contribution in [0.2, 0.25) is 0 Å². The maximum atomic E-state index is 2.38. The molecule has 0 radical (unpaired) electrons. The van der Waals surface area contributed by atoms with Crippen LogP contribution < -0.4 is 4.90 Å². The molecule has 0 atom stereocenters. The maximum Gasteiger partial charge on any atom is 0.0541 e. The van der Waals surface area contributed by atoms with Crippen molar-refractivity contribution in [2.75, 3.05) is 4.90 Å². The fraction of sp³-hybridized carbons (Fsp3) is 0. The van der Waals surface area contributed by atoms with Gasteiger partial charge in [-0.15, -0.1) is 11.3 Å². The number of nitrogens with zero attached hydrogens (tertiary/aromatic N) is 2. The van der Waals surface area contributed by atoms with Crippen molar-refractivity contribution in [1.29, 1.82) is 0 Å². The molecule has 0 aliphatic carbocycles. The molecule has 14 aromatic rings. The highest BCUT2D eigenvalue weighted by atomic mass is 32.1. The van der Waals surface area contributed by atoms with Crippen molar-refractivity contribution in [3.8, 4) is 61.3 Å². The van der Waals surface area contributed by atoms with Crippen LogP contribution >= 0.6 is 11.3 Å². The number of anilines is 3. The van der Waals surface area contributed by atoms with Crippen LogP contribution in [0, 0.1) is 0 Å². The van der Waals surface area contributed by atoms with E-state index in [0.717, 1.165) is 22.7 Å². The van der Waals surface area contributed by atoms with Crippen molar-refractivity contribution in [1.82, 2.24) is 4.57 Å². The lowest BCUT2D eigenvalue weighted by atomic mass is 9.96. The number of thiophene rings is 1. The van der Waals surface area contributed by atoms with E-state index in [1.807, 2.05) is 11.3 Å². The summed E-state index contributed by atoms with van der Waals surface area (Å²) in [6.07, 6.45) is 0. The van der Waals surface area contributed by atoms with Crippen LogP contribution in [0.1, 0.15) is 0 Å². The van der Waals surface area contributed by atoms with Crippen molar-refractivity contribution >= 4 is 81.1 Å². The Morgan fingerprint density at radius 3 is 1.47 bits per heavy atom. The molecule has 0 fully saturated rings. The zero-order chi connectivity index (χ0) is 48.2. The summed E-state index contributed by atoms with van der Waals surface area (Å²) in [6, 6.07) is 102. The third kappa shape index (κ3) is 7.66. The van der Waals surface area contributed by atoms with E-state index in [0.29, 0.717) is 0 Å². The summed E-state index contributed by atoms with van der Waals surface area (Å²) in [5.41, 5.74) is 18.9. The average molecular weight is 947 g/mol. The number of hydrogen-bond donors (Lipinski definition) is 0. The summed E-state index contributed by atoms with van der Waals surface area (Å²) in [5, 5.41) is 7.64. The van der Waals surface area contributed by atoms with E-state index in [4.69, 9.17) is 0 Å². The van der Waals surface area contributed by atoms with Gasteiger partial charge in [-0.05, 0) is 157 Å². The smallest absolute Gasteiger partial charge is 0.0541 e. The number of fused-ring (bicyclic) bond motifs is 7. The third-order valence-electron chi connectivity index (χ3n) is 14.6. The molecule has 2 nitrogen and oxygen atoms in total. The normalized spacial score (nSPS) is 11.6. The fourth-order valence-corrected chi connectivity index (χ4v) is 12.1. The van der Waals surface area contributed by atoms with Crippen molar-refractivity contribution in [2.24, 2.45) is 0 Å². The predicted molar refractivity (Wildman–Crippen MR) is 313 cm³/mol. The van der Waals surface area contributed by atoms with E-state index in [-0.39, 0.29) is 0 Å². The summed E-state index contributed by atoms with van der Waals surface area (Å²) in [5.74, 6) is 0. The quantitative estimate of drug-likeness (QED) is 0.140. The van der Waals surface area contributed by atoms with Crippen molar-refractivity contribution in [3.05, 3.63) is 279 Å². The predicted octanol–water partition coefficient (Wildman–Crippen LogP) is 20.1. The summed E-state index contributed by atoms with van der Waals surface area (Å²) in [7, 11) is 0. The van der Waals surface area contributed by atoms with Crippen LogP contribution in [0.25, 0.3) is 114 Å². The molecule has 0 N–H and O–H groups in total. The van der Waals surface area contributed by atoms with Crippen molar-refractivity contribution in [2.45, 2.75) is 0 Å². The number of aromatic nitrogens is 1. The second-order valence-corrected chi connectivity index (χ2v) is 20.0. The molecule has 0 unspecified atom stereocenters. The zero-order valence-corrected chi connectivity index (χ0v) is 40.7. The molecular formula is C70H46N2S. The zero-order valence-electron chi connectivity index (χ0n) is 39.9. The van der Waals surface area contributed by atoms with Gasteiger partial charge in [0, 0.05) is 53.7 Å². The highest BCUT2D eigenvalue weighted by Crippen LogP contribution is 2.43. The molecule has 14 rings (SSSR count). The molecule has 3 heteroatoms. The molecule has 0 saturated heterocycles. The van der Waals surface area contributed by atoms with Crippen LogP contribution in [-0.4, -0.2) is 4.57 Å². The molecule has 2 aromatic heterocycles. The third-order valence-corrected chi connectivity index (χ3v) is 15.7. The number of benzene rings is 12. The first kappa shape index (κ1) is 42.6. The summed E-state index contributed by atoms with van der Waals surface area (Å²) < 4.78 is 5.00. The van der Waals surface area contributed by atoms with Crippen molar-refractivity contribution in [3.63, 3.8) is 0 Å². The summed E-state index contributed by atoms with van der Waals surface area (Å²) in [4.78, 5) is 2.38. The number of para-hydroxylation sites is 2. The molecule has 73 heavy (non-hydrogen) atoms. The maximum absolute atomic E-state index is 2.38. The summed E-state index contributed by atoms with van der Waals surface area (Å²) in [6.45, 7) is 0. The first-order valence-corrected chi connectivity index (χ1v) is 25.8. The molecule has 0 aliphatic rings. The van der Waals surface area contributed by atoms with E-state index >= 15 is 0 Å². The van der Waals surface area contributed by atoms with Gasteiger partial charge in [0.25, 0.3) is 0 Å². The molecule has 0 aliphatic heterocycles. The Kier molecular flexibility index (Phi) is 10.4. The van der Waals surface area contributed by atoms with E-state index in [1.54, 1.807) is 0 Å². The minimum absolute atomic E-state index is 1.09. The topological polar surface area (TPSA) is 8.17 Å².